The van der Waals surface area contributed by atoms with Crippen LogP contribution in [0, 0.1) is 20.8 Å². The van der Waals surface area contributed by atoms with Gasteiger partial charge in [-0.2, -0.15) is 5.10 Å². The summed E-state index contributed by atoms with van der Waals surface area (Å²) in [6.07, 6.45) is 0.376. The number of carbonyl (C=O) groups excluding carboxylic acids is 1. The van der Waals surface area contributed by atoms with Crippen LogP contribution in [0.4, 0.5) is 5.13 Å². The number of nitrogens with one attached hydrogen (secondary N) is 1. The number of amides is 1. The molecule has 0 fully saturated rings. The van der Waals surface area contributed by atoms with Gasteiger partial charge in [-0.1, -0.05) is 29.8 Å². The number of hydrogen-bond donors (Lipinski definition) is 1. The SMILES string of the molecule is Cc1ccc(-c2csc(NC(=O)CCn3nc(C)cc3C)n2)cc1. The molecule has 0 spiro atoms. The fraction of sp³-hybridized carbons (Fsp3) is 0.278. The third-order valence-corrected chi connectivity index (χ3v) is 4.51. The van der Waals surface area contributed by atoms with E-state index in [9.17, 15) is 4.79 Å². The average molecular weight is 340 g/mol. The highest BCUT2D eigenvalue weighted by Crippen LogP contribution is 2.25. The Morgan fingerprint density at radius 3 is 2.62 bits per heavy atom. The zero-order valence-electron chi connectivity index (χ0n) is 14.0. The van der Waals surface area contributed by atoms with Crippen molar-refractivity contribution in [3.05, 3.63) is 52.7 Å². The van der Waals surface area contributed by atoms with Crippen LogP contribution in [0.5, 0.6) is 0 Å². The lowest BCUT2D eigenvalue weighted by atomic mass is 10.1. The molecule has 2 heterocycles. The molecule has 3 rings (SSSR count). The van der Waals surface area contributed by atoms with E-state index in [1.807, 2.05) is 42.1 Å². The molecule has 6 heteroatoms. The Balaban J connectivity index is 1.59. The van der Waals surface area contributed by atoms with Gasteiger partial charge in [0.15, 0.2) is 5.13 Å². The highest BCUT2D eigenvalue weighted by Gasteiger charge is 2.09. The summed E-state index contributed by atoms with van der Waals surface area (Å²) in [5.41, 5.74) is 5.19. The summed E-state index contributed by atoms with van der Waals surface area (Å²) in [6.45, 7) is 6.57. The van der Waals surface area contributed by atoms with Crippen LogP contribution in [0.2, 0.25) is 0 Å². The van der Waals surface area contributed by atoms with Gasteiger partial charge in [-0.05, 0) is 26.8 Å². The summed E-state index contributed by atoms with van der Waals surface area (Å²) in [4.78, 5) is 16.6. The number of thiazole rings is 1. The molecule has 0 aliphatic heterocycles. The molecule has 0 saturated carbocycles. The quantitative estimate of drug-likeness (QED) is 0.765. The Bertz CT molecular complexity index is 848. The van der Waals surface area contributed by atoms with Gasteiger partial charge in [0.1, 0.15) is 0 Å². The van der Waals surface area contributed by atoms with Crippen molar-refractivity contribution in [1.29, 1.82) is 0 Å². The fourth-order valence-electron chi connectivity index (χ4n) is 2.48. The maximum atomic E-state index is 12.1. The minimum atomic E-state index is -0.0487. The van der Waals surface area contributed by atoms with Gasteiger partial charge in [-0.3, -0.25) is 9.48 Å². The molecular weight excluding hydrogens is 320 g/mol. The maximum Gasteiger partial charge on any atom is 0.228 e. The minimum absolute atomic E-state index is 0.0487. The second kappa shape index (κ2) is 6.97. The lowest BCUT2D eigenvalue weighted by Gasteiger charge is -2.04. The number of anilines is 1. The van der Waals surface area contributed by atoms with Crippen LogP contribution in [0.1, 0.15) is 23.4 Å². The molecule has 0 aliphatic rings. The molecule has 1 aromatic carbocycles. The summed E-state index contributed by atoms with van der Waals surface area (Å²) < 4.78 is 1.86. The van der Waals surface area contributed by atoms with Gasteiger partial charge in [-0.25, -0.2) is 4.98 Å². The van der Waals surface area contributed by atoms with Gasteiger partial charge < -0.3 is 5.32 Å². The molecule has 0 unspecified atom stereocenters. The third-order valence-electron chi connectivity index (χ3n) is 3.75. The van der Waals surface area contributed by atoms with Crippen LogP contribution in [-0.2, 0) is 11.3 Å². The van der Waals surface area contributed by atoms with Gasteiger partial charge in [0.2, 0.25) is 5.91 Å². The third kappa shape index (κ3) is 3.89. The van der Waals surface area contributed by atoms with Crippen molar-refractivity contribution in [2.24, 2.45) is 0 Å². The summed E-state index contributed by atoms with van der Waals surface area (Å²) in [6, 6.07) is 10.2. The average Bonchev–Trinajstić information content (AvgIpc) is 3.12. The molecule has 0 atom stereocenters. The van der Waals surface area contributed by atoms with Crippen LogP contribution in [0.3, 0.4) is 0 Å². The van der Waals surface area contributed by atoms with Crippen LogP contribution >= 0.6 is 11.3 Å². The molecule has 2 aromatic heterocycles. The Labute approximate surface area is 145 Å². The van der Waals surface area contributed by atoms with Crippen molar-refractivity contribution in [1.82, 2.24) is 14.8 Å². The molecule has 24 heavy (non-hydrogen) atoms. The van der Waals surface area contributed by atoms with E-state index in [4.69, 9.17) is 0 Å². The first-order chi connectivity index (χ1) is 11.5. The standard InChI is InChI=1S/C18H20N4OS/c1-12-4-6-15(7-5-12)16-11-24-18(19-16)20-17(23)8-9-22-14(3)10-13(2)21-22/h4-7,10-11H,8-9H2,1-3H3,(H,19,20,23). The van der Waals surface area contributed by atoms with E-state index in [0.717, 1.165) is 22.6 Å². The summed E-state index contributed by atoms with van der Waals surface area (Å²) >= 11 is 1.44. The monoisotopic (exact) mass is 340 g/mol. The molecule has 3 aromatic rings. The lowest BCUT2D eigenvalue weighted by molar-refractivity contribution is -0.116. The predicted octanol–water partition coefficient (Wildman–Crippen LogP) is 3.96. The lowest BCUT2D eigenvalue weighted by Crippen LogP contribution is -2.15. The molecular formula is C18H20N4OS. The van der Waals surface area contributed by atoms with Crippen LogP contribution in [0.25, 0.3) is 11.3 Å². The van der Waals surface area contributed by atoms with Gasteiger partial charge in [0.25, 0.3) is 0 Å². The normalized spacial score (nSPS) is 10.8. The zero-order chi connectivity index (χ0) is 17.1. The fourth-order valence-corrected chi connectivity index (χ4v) is 3.21. The van der Waals surface area contributed by atoms with Crippen molar-refractivity contribution >= 4 is 22.4 Å². The van der Waals surface area contributed by atoms with Crippen molar-refractivity contribution < 1.29 is 4.79 Å². The molecule has 1 N–H and O–H groups in total. The van der Waals surface area contributed by atoms with Crippen molar-refractivity contribution in [2.45, 2.75) is 33.7 Å². The highest BCUT2D eigenvalue weighted by molar-refractivity contribution is 7.14. The molecule has 0 radical (unpaired) electrons. The summed E-state index contributed by atoms with van der Waals surface area (Å²) in [5.74, 6) is -0.0487. The largest absolute Gasteiger partial charge is 0.302 e. The number of carbonyl (C=O) groups is 1. The molecule has 0 bridgehead atoms. The number of rotatable bonds is 5. The Morgan fingerprint density at radius 1 is 1.21 bits per heavy atom. The van der Waals surface area contributed by atoms with E-state index >= 15 is 0 Å². The highest BCUT2D eigenvalue weighted by atomic mass is 32.1. The second-order valence-corrected chi connectivity index (χ2v) is 6.71. The number of hydrogen-bond acceptors (Lipinski definition) is 4. The Hall–Kier alpha value is -2.47. The van der Waals surface area contributed by atoms with Crippen LogP contribution in [-0.4, -0.2) is 20.7 Å². The second-order valence-electron chi connectivity index (χ2n) is 5.85. The molecule has 124 valence electrons. The van der Waals surface area contributed by atoms with Crippen molar-refractivity contribution in [3.63, 3.8) is 0 Å². The topological polar surface area (TPSA) is 59.8 Å². The molecule has 5 nitrogen and oxygen atoms in total. The van der Waals surface area contributed by atoms with E-state index in [-0.39, 0.29) is 5.91 Å². The van der Waals surface area contributed by atoms with Crippen LogP contribution < -0.4 is 5.32 Å². The number of nitrogens with zero attached hydrogens (tertiary/aromatic N) is 3. The number of benzene rings is 1. The van der Waals surface area contributed by atoms with Crippen molar-refractivity contribution in [3.8, 4) is 11.3 Å². The van der Waals surface area contributed by atoms with Crippen LogP contribution in [0.15, 0.2) is 35.7 Å². The first-order valence-electron chi connectivity index (χ1n) is 7.85. The van der Waals surface area contributed by atoms with Gasteiger partial charge >= 0.3 is 0 Å². The van der Waals surface area contributed by atoms with E-state index in [0.29, 0.717) is 18.1 Å². The van der Waals surface area contributed by atoms with E-state index in [2.05, 4.69) is 34.5 Å². The number of aromatic nitrogens is 3. The van der Waals surface area contributed by atoms with E-state index in [1.54, 1.807) is 0 Å². The van der Waals surface area contributed by atoms with Gasteiger partial charge in [-0.15, -0.1) is 11.3 Å². The smallest absolute Gasteiger partial charge is 0.228 e. The van der Waals surface area contributed by atoms with E-state index < -0.39 is 0 Å². The molecule has 1 amide bonds. The van der Waals surface area contributed by atoms with Gasteiger partial charge in [0, 0.05) is 29.6 Å². The Kier molecular flexibility index (Phi) is 4.76. The maximum absolute atomic E-state index is 12.1. The number of aryl methyl sites for hydroxylation is 4. The summed E-state index contributed by atoms with van der Waals surface area (Å²) in [7, 11) is 0. The minimum Gasteiger partial charge on any atom is -0.302 e. The van der Waals surface area contributed by atoms with E-state index in [1.165, 1.54) is 16.9 Å². The zero-order valence-corrected chi connectivity index (χ0v) is 14.9. The summed E-state index contributed by atoms with van der Waals surface area (Å²) in [5, 5.41) is 9.82. The van der Waals surface area contributed by atoms with Gasteiger partial charge in [0.05, 0.1) is 11.4 Å². The Morgan fingerprint density at radius 2 is 1.96 bits per heavy atom. The molecule has 0 saturated heterocycles. The first kappa shape index (κ1) is 16.4. The molecule has 0 aliphatic carbocycles. The van der Waals surface area contributed by atoms with Crippen molar-refractivity contribution in [2.75, 3.05) is 5.32 Å². The first-order valence-corrected chi connectivity index (χ1v) is 8.73. The predicted molar refractivity (Wildman–Crippen MR) is 97.2 cm³/mol.